The van der Waals surface area contributed by atoms with Crippen LogP contribution in [0.5, 0.6) is 0 Å². The van der Waals surface area contributed by atoms with Gasteiger partial charge >= 0.3 is 0 Å². The first-order valence-electron chi connectivity index (χ1n) is 4.87. The fraction of sp³-hybridized carbons (Fsp3) is 0.778. The molecule has 72 valence electrons. The number of hydrogen-bond acceptors (Lipinski definition) is 3. The highest BCUT2D eigenvalue weighted by Crippen LogP contribution is 2.38. The number of rotatable bonds is 2. The van der Waals surface area contributed by atoms with Gasteiger partial charge in [-0.15, -0.1) is 5.10 Å². The molecule has 1 aliphatic carbocycles. The van der Waals surface area contributed by atoms with E-state index in [0.29, 0.717) is 11.8 Å². The first-order chi connectivity index (χ1) is 6.33. The molecule has 2 rings (SSSR count). The highest BCUT2D eigenvalue weighted by atomic mass is 15.4. The van der Waals surface area contributed by atoms with Gasteiger partial charge in [0.05, 0.1) is 11.9 Å². The number of nitrogens with zero attached hydrogens (tertiary/aromatic N) is 3. The van der Waals surface area contributed by atoms with E-state index < -0.39 is 0 Å². The van der Waals surface area contributed by atoms with Crippen LogP contribution in [0.3, 0.4) is 0 Å². The van der Waals surface area contributed by atoms with Gasteiger partial charge in [0.1, 0.15) is 0 Å². The van der Waals surface area contributed by atoms with Crippen molar-refractivity contribution in [3.05, 3.63) is 11.9 Å². The Hall–Kier alpha value is -0.900. The smallest absolute Gasteiger partial charge is 0.0728 e. The molecular formula is C9H16N4. The Bertz CT molecular complexity index is 281. The third-order valence-electron chi connectivity index (χ3n) is 3.09. The number of aromatic nitrogens is 3. The summed E-state index contributed by atoms with van der Waals surface area (Å²) in [4.78, 5) is 0. The fourth-order valence-electron chi connectivity index (χ4n) is 2.34. The molecule has 1 saturated carbocycles. The monoisotopic (exact) mass is 180 g/mol. The van der Waals surface area contributed by atoms with Crippen molar-refractivity contribution in [2.24, 2.45) is 18.7 Å². The highest BCUT2D eigenvalue weighted by Gasteiger charge is 2.29. The molecule has 4 nitrogen and oxygen atoms in total. The highest BCUT2D eigenvalue weighted by molar-refractivity contribution is 5.07. The van der Waals surface area contributed by atoms with Crippen LogP contribution in [0.1, 0.15) is 30.9 Å². The van der Waals surface area contributed by atoms with Gasteiger partial charge in [-0.05, 0) is 25.3 Å². The number of aryl methyl sites for hydroxylation is 1. The maximum Gasteiger partial charge on any atom is 0.0728 e. The molecule has 2 unspecified atom stereocenters. The van der Waals surface area contributed by atoms with Gasteiger partial charge in [0.15, 0.2) is 0 Å². The van der Waals surface area contributed by atoms with Gasteiger partial charge in [-0.1, -0.05) is 11.6 Å². The van der Waals surface area contributed by atoms with Crippen molar-refractivity contribution in [3.8, 4) is 0 Å². The lowest BCUT2D eigenvalue weighted by molar-refractivity contribution is 0.469. The predicted octanol–water partition coefficient (Wildman–Crippen LogP) is 0.657. The lowest BCUT2D eigenvalue weighted by atomic mass is 9.93. The minimum atomic E-state index is 0.588. The first kappa shape index (κ1) is 8.69. The SMILES string of the molecule is Cn1nncc1C1CCCC1CN. The summed E-state index contributed by atoms with van der Waals surface area (Å²) >= 11 is 0. The van der Waals surface area contributed by atoms with Crippen LogP contribution >= 0.6 is 0 Å². The second-order valence-electron chi connectivity index (χ2n) is 3.82. The summed E-state index contributed by atoms with van der Waals surface area (Å²) in [5.74, 6) is 1.22. The molecule has 1 fully saturated rings. The Kier molecular flexibility index (Phi) is 2.31. The van der Waals surface area contributed by atoms with Crippen molar-refractivity contribution >= 4 is 0 Å². The maximum absolute atomic E-state index is 5.73. The van der Waals surface area contributed by atoms with Crippen molar-refractivity contribution in [1.29, 1.82) is 0 Å². The van der Waals surface area contributed by atoms with Crippen LogP contribution in [0.4, 0.5) is 0 Å². The van der Waals surface area contributed by atoms with Crippen LogP contribution in [-0.4, -0.2) is 21.5 Å². The molecule has 0 amide bonds. The van der Waals surface area contributed by atoms with Gasteiger partial charge in [0.25, 0.3) is 0 Å². The summed E-state index contributed by atoms with van der Waals surface area (Å²) < 4.78 is 1.87. The average molecular weight is 180 g/mol. The molecule has 1 heterocycles. The maximum atomic E-state index is 5.73. The summed E-state index contributed by atoms with van der Waals surface area (Å²) in [7, 11) is 1.95. The lowest BCUT2D eigenvalue weighted by Gasteiger charge is -2.16. The van der Waals surface area contributed by atoms with Gasteiger partial charge in [0, 0.05) is 13.0 Å². The van der Waals surface area contributed by atoms with Crippen LogP contribution in [-0.2, 0) is 7.05 Å². The van der Waals surface area contributed by atoms with Crippen molar-refractivity contribution in [2.75, 3.05) is 6.54 Å². The lowest BCUT2D eigenvalue weighted by Crippen LogP contribution is -2.19. The van der Waals surface area contributed by atoms with Gasteiger partial charge < -0.3 is 5.73 Å². The van der Waals surface area contributed by atoms with E-state index in [0.717, 1.165) is 6.54 Å². The van der Waals surface area contributed by atoms with Crippen molar-refractivity contribution in [2.45, 2.75) is 25.2 Å². The van der Waals surface area contributed by atoms with Crippen LogP contribution in [0.25, 0.3) is 0 Å². The van der Waals surface area contributed by atoms with Gasteiger partial charge in [-0.3, -0.25) is 4.68 Å². The molecule has 1 aromatic rings. The second-order valence-corrected chi connectivity index (χ2v) is 3.82. The van der Waals surface area contributed by atoms with E-state index in [4.69, 9.17) is 5.73 Å². The molecule has 2 N–H and O–H groups in total. The predicted molar refractivity (Wildman–Crippen MR) is 50.1 cm³/mol. The largest absolute Gasteiger partial charge is 0.330 e. The molecule has 13 heavy (non-hydrogen) atoms. The van der Waals surface area contributed by atoms with Crippen molar-refractivity contribution < 1.29 is 0 Å². The van der Waals surface area contributed by atoms with E-state index in [1.807, 2.05) is 17.9 Å². The van der Waals surface area contributed by atoms with Crippen LogP contribution < -0.4 is 5.73 Å². The summed E-state index contributed by atoms with van der Waals surface area (Å²) in [6.07, 6.45) is 5.66. The van der Waals surface area contributed by atoms with E-state index in [1.54, 1.807) is 0 Å². The van der Waals surface area contributed by atoms with Crippen LogP contribution in [0.2, 0.25) is 0 Å². The first-order valence-corrected chi connectivity index (χ1v) is 4.87. The zero-order chi connectivity index (χ0) is 9.26. The number of hydrogen-bond donors (Lipinski definition) is 1. The topological polar surface area (TPSA) is 56.7 Å². The summed E-state index contributed by atoms with van der Waals surface area (Å²) in [5.41, 5.74) is 6.97. The molecule has 4 heteroatoms. The van der Waals surface area contributed by atoms with Crippen molar-refractivity contribution in [1.82, 2.24) is 15.0 Å². The van der Waals surface area contributed by atoms with Crippen molar-refractivity contribution in [3.63, 3.8) is 0 Å². The van der Waals surface area contributed by atoms with Gasteiger partial charge in [0.2, 0.25) is 0 Å². The van der Waals surface area contributed by atoms with Crippen LogP contribution in [0.15, 0.2) is 6.20 Å². The van der Waals surface area contributed by atoms with E-state index in [1.165, 1.54) is 25.0 Å². The molecular weight excluding hydrogens is 164 g/mol. The molecule has 0 aromatic carbocycles. The van der Waals surface area contributed by atoms with E-state index in [-0.39, 0.29) is 0 Å². The molecule has 2 atom stereocenters. The molecule has 0 saturated heterocycles. The van der Waals surface area contributed by atoms with E-state index in [9.17, 15) is 0 Å². The van der Waals surface area contributed by atoms with Gasteiger partial charge in [-0.25, -0.2) is 0 Å². The number of nitrogens with two attached hydrogens (primary N) is 1. The van der Waals surface area contributed by atoms with E-state index in [2.05, 4.69) is 10.3 Å². The molecule has 1 aromatic heterocycles. The molecule has 1 aliphatic rings. The standard InChI is InChI=1S/C9H16N4/c1-13-9(6-11-12-13)8-4-2-3-7(8)5-10/h6-8H,2-5,10H2,1H3. The summed E-state index contributed by atoms with van der Waals surface area (Å²) in [5, 5.41) is 7.86. The summed E-state index contributed by atoms with van der Waals surface area (Å²) in [6.45, 7) is 0.788. The molecule has 0 spiro atoms. The second kappa shape index (κ2) is 3.46. The Labute approximate surface area is 78.1 Å². The quantitative estimate of drug-likeness (QED) is 0.727. The zero-order valence-corrected chi connectivity index (χ0v) is 7.98. The molecule has 0 aliphatic heterocycles. The molecule has 0 radical (unpaired) electrons. The third kappa shape index (κ3) is 1.46. The molecule has 0 bridgehead atoms. The Balaban J connectivity index is 2.20. The minimum Gasteiger partial charge on any atom is -0.330 e. The average Bonchev–Trinajstić information content (AvgIpc) is 2.71. The summed E-state index contributed by atoms with van der Waals surface area (Å²) in [6, 6.07) is 0. The fourth-order valence-corrected chi connectivity index (χ4v) is 2.34. The normalized spacial score (nSPS) is 28.2. The van der Waals surface area contributed by atoms with E-state index >= 15 is 0 Å². The Morgan fingerprint density at radius 2 is 2.46 bits per heavy atom. The third-order valence-corrected chi connectivity index (χ3v) is 3.09. The van der Waals surface area contributed by atoms with Gasteiger partial charge in [-0.2, -0.15) is 0 Å². The Morgan fingerprint density at radius 1 is 1.62 bits per heavy atom. The zero-order valence-electron chi connectivity index (χ0n) is 7.98. The van der Waals surface area contributed by atoms with Crippen LogP contribution in [0, 0.1) is 5.92 Å². The minimum absolute atomic E-state index is 0.588. The Morgan fingerprint density at radius 3 is 3.08 bits per heavy atom.